The van der Waals surface area contributed by atoms with E-state index in [4.69, 9.17) is 16.3 Å². The second kappa shape index (κ2) is 6.81. The second-order valence-electron chi connectivity index (χ2n) is 5.84. The van der Waals surface area contributed by atoms with Crippen molar-refractivity contribution in [2.75, 3.05) is 0 Å². The fourth-order valence-corrected chi connectivity index (χ4v) is 2.27. The lowest BCUT2D eigenvalue weighted by Gasteiger charge is -2.08. The van der Waals surface area contributed by atoms with Crippen molar-refractivity contribution in [2.24, 2.45) is 0 Å². The summed E-state index contributed by atoms with van der Waals surface area (Å²) in [6, 6.07) is 9.25. The number of halogens is 1. The summed E-state index contributed by atoms with van der Waals surface area (Å²) >= 11 is 5.92. The van der Waals surface area contributed by atoms with Gasteiger partial charge in [-0.1, -0.05) is 43.2 Å². The molecule has 0 fully saturated rings. The Hall–Kier alpha value is -2.36. The Labute approximate surface area is 140 Å². The first-order valence-electron chi connectivity index (χ1n) is 6.87. The van der Waals surface area contributed by atoms with Gasteiger partial charge in [-0.3, -0.25) is 10.1 Å². The third-order valence-corrected chi connectivity index (χ3v) is 3.73. The van der Waals surface area contributed by atoms with Gasteiger partial charge in [0.05, 0.1) is 16.6 Å². The predicted molar refractivity (Wildman–Crippen MR) is 92.6 cm³/mol. The lowest BCUT2D eigenvalue weighted by atomic mass is 10.3. The molecule has 0 aliphatic carbocycles. The highest BCUT2D eigenvalue weighted by Crippen LogP contribution is 2.27. The lowest BCUT2D eigenvalue weighted by Crippen LogP contribution is -2.16. The predicted octanol–water partition coefficient (Wildman–Crippen LogP) is 4.66. The van der Waals surface area contributed by atoms with E-state index in [1.807, 2.05) is 0 Å². The first-order valence-corrected chi connectivity index (χ1v) is 10.7. The molecule has 5 nitrogen and oxygen atoms in total. The minimum absolute atomic E-state index is 0.0562. The number of nitro benzene ring substituents is 1. The zero-order valence-corrected chi connectivity index (χ0v) is 14.7. The standard InChI is InChI=1S/C16H15ClN2O3Si/c1-23(2,3)10-9-12-7-8-15(17)18-16(12)22-14-6-4-5-13(11-14)19(20)21/h4-8,11H,1-3H3. The van der Waals surface area contributed by atoms with Crippen LogP contribution in [-0.4, -0.2) is 18.0 Å². The Morgan fingerprint density at radius 2 is 2.00 bits per heavy atom. The van der Waals surface area contributed by atoms with Crippen molar-refractivity contribution in [2.45, 2.75) is 19.6 Å². The SMILES string of the molecule is C[Si](C)(C)C#Cc1ccc(Cl)nc1Oc1cccc([N+](=O)[O-])c1. The molecule has 0 saturated carbocycles. The van der Waals surface area contributed by atoms with Gasteiger partial charge in [0.25, 0.3) is 5.69 Å². The van der Waals surface area contributed by atoms with E-state index in [0.29, 0.717) is 11.3 Å². The maximum Gasteiger partial charge on any atom is 0.273 e. The zero-order valence-electron chi connectivity index (χ0n) is 13.0. The summed E-state index contributed by atoms with van der Waals surface area (Å²) in [6.45, 7) is 6.39. The van der Waals surface area contributed by atoms with Crippen LogP contribution in [0.2, 0.25) is 24.8 Å². The number of rotatable bonds is 3. The van der Waals surface area contributed by atoms with E-state index < -0.39 is 13.0 Å². The van der Waals surface area contributed by atoms with Crippen molar-refractivity contribution in [3.8, 4) is 23.1 Å². The van der Waals surface area contributed by atoms with Gasteiger partial charge in [-0.15, -0.1) is 5.54 Å². The summed E-state index contributed by atoms with van der Waals surface area (Å²) in [6.07, 6.45) is 0. The molecule has 2 rings (SSSR count). The number of hydrogen-bond acceptors (Lipinski definition) is 4. The average Bonchev–Trinajstić information content (AvgIpc) is 2.45. The van der Waals surface area contributed by atoms with Gasteiger partial charge >= 0.3 is 0 Å². The lowest BCUT2D eigenvalue weighted by molar-refractivity contribution is -0.384. The van der Waals surface area contributed by atoms with E-state index >= 15 is 0 Å². The number of non-ortho nitro benzene ring substituents is 1. The van der Waals surface area contributed by atoms with Crippen molar-refractivity contribution < 1.29 is 9.66 Å². The smallest absolute Gasteiger partial charge is 0.273 e. The normalized spacial score (nSPS) is 10.6. The Morgan fingerprint density at radius 3 is 2.65 bits per heavy atom. The summed E-state index contributed by atoms with van der Waals surface area (Å²) in [5.41, 5.74) is 3.78. The maximum absolute atomic E-state index is 10.8. The van der Waals surface area contributed by atoms with Crippen molar-refractivity contribution in [3.05, 3.63) is 57.2 Å². The van der Waals surface area contributed by atoms with Crippen molar-refractivity contribution >= 4 is 25.4 Å². The number of pyridine rings is 1. The van der Waals surface area contributed by atoms with E-state index in [-0.39, 0.29) is 16.7 Å². The van der Waals surface area contributed by atoms with Crippen LogP contribution in [0, 0.1) is 21.6 Å². The second-order valence-corrected chi connectivity index (χ2v) is 11.0. The Bertz CT molecular complexity index is 807. The molecule has 0 amide bonds. The van der Waals surface area contributed by atoms with Crippen LogP contribution in [0.5, 0.6) is 11.6 Å². The van der Waals surface area contributed by atoms with Gasteiger partial charge in [0.15, 0.2) is 0 Å². The van der Waals surface area contributed by atoms with E-state index in [1.165, 1.54) is 12.1 Å². The van der Waals surface area contributed by atoms with Crippen LogP contribution in [0.25, 0.3) is 0 Å². The summed E-state index contributed by atoms with van der Waals surface area (Å²) in [7, 11) is -1.56. The molecule has 118 valence electrons. The molecule has 0 aliphatic rings. The van der Waals surface area contributed by atoms with E-state index in [0.717, 1.165) is 0 Å². The van der Waals surface area contributed by atoms with Gasteiger partial charge in [0.2, 0.25) is 5.88 Å². The molecule has 0 unspecified atom stereocenters. The molecule has 0 N–H and O–H groups in total. The fraction of sp³-hybridized carbons (Fsp3) is 0.188. The Morgan fingerprint density at radius 1 is 1.26 bits per heavy atom. The minimum atomic E-state index is -1.56. The average molecular weight is 347 g/mol. The Balaban J connectivity index is 2.39. The van der Waals surface area contributed by atoms with Gasteiger partial charge in [0, 0.05) is 6.07 Å². The van der Waals surface area contributed by atoms with Crippen molar-refractivity contribution in [3.63, 3.8) is 0 Å². The molecule has 1 aromatic heterocycles. The molecule has 7 heteroatoms. The van der Waals surface area contributed by atoms with Crippen molar-refractivity contribution in [1.29, 1.82) is 0 Å². The summed E-state index contributed by atoms with van der Waals surface area (Å²) in [4.78, 5) is 14.5. The van der Waals surface area contributed by atoms with Gasteiger partial charge in [-0.25, -0.2) is 4.98 Å². The molecule has 0 atom stereocenters. The topological polar surface area (TPSA) is 65.3 Å². The molecule has 1 aromatic carbocycles. The largest absolute Gasteiger partial charge is 0.437 e. The van der Waals surface area contributed by atoms with Gasteiger partial charge in [-0.05, 0) is 18.2 Å². The molecule has 1 heterocycles. The van der Waals surface area contributed by atoms with Crippen LogP contribution >= 0.6 is 11.6 Å². The fourth-order valence-electron chi connectivity index (χ4n) is 1.62. The number of ether oxygens (including phenoxy) is 1. The summed E-state index contributed by atoms with van der Waals surface area (Å²) in [5.74, 6) is 3.62. The van der Waals surface area contributed by atoms with E-state index in [2.05, 4.69) is 36.1 Å². The third-order valence-electron chi connectivity index (χ3n) is 2.64. The quantitative estimate of drug-likeness (QED) is 0.266. The van der Waals surface area contributed by atoms with E-state index in [9.17, 15) is 10.1 Å². The molecule has 0 radical (unpaired) electrons. The first kappa shape index (κ1) is 17.0. The Kier molecular flexibility index (Phi) is 5.04. The minimum Gasteiger partial charge on any atom is -0.437 e. The van der Waals surface area contributed by atoms with Gasteiger partial charge < -0.3 is 4.74 Å². The molecule has 2 aromatic rings. The van der Waals surface area contributed by atoms with Gasteiger partial charge in [0.1, 0.15) is 19.0 Å². The number of benzene rings is 1. The number of nitro groups is 1. The summed E-state index contributed by atoms with van der Waals surface area (Å²) < 4.78 is 5.66. The molecule has 0 spiro atoms. The zero-order chi connectivity index (χ0) is 17.0. The molecule has 0 saturated heterocycles. The number of aromatic nitrogens is 1. The molecular formula is C16H15ClN2O3Si. The number of nitrogens with zero attached hydrogens (tertiary/aromatic N) is 2. The highest BCUT2D eigenvalue weighted by molar-refractivity contribution is 6.83. The summed E-state index contributed by atoms with van der Waals surface area (Å²) in [5, 5.41) is 11.1. The van der Waals surface area contributed by atoms with Crippen LogP contribution in [0.15, 0.2) is 36.4 Å². The molecular weight excluding hydrogens is 332 g/mol. The van der Waals surface area contributed by atoms with Crippen LogP contribution in [0.3, 0.4) is 0 Å². The van der Waals surface area contributed by atoms with Crippen molar-refractivity contribution in [1.82, 2.24) is 4.98 Å². The monoisotopic (exact) mass is 346 g/mol. The van der Waals surface area contributed by atoms with Crippen LogP contribution in [-0.2, 0) is 0 Å². The highest BCUT2D eigenvalue weighted by Gasteiger charge is 2.12. The van der Waals surface area contributed by atoms with Crippen LogP contribution in [0.4, 0.5) is 5.69 Å². The molecule has 23 heavy (non-hydrogen) atoms. The van der Waals surface area contributed by atoms with Crippen LogP contribution in [0.1, 0.15) is 5.56 Å². The highest BCUT2D eigenvalue weighted by atomic mass is 35.5. The molecule has 0 aliphatic heterocycles. The molecule has 0 bridgehead atoms. The maximum atomic E-state index is 10.8. The van der Waals surface area contributed by atoms with E-state index in [1.54, 1.807) is 24.3 Å². The third kappa shape index (κ3) is 5.09. The van der Waals surface area contributed by atoms with Crippen LogP contribution < -0.4 is 4.74 Å². The number of hydrogen-bond donors (Lipinski definition) is 0. The first-order chi connectivity index (χ1) is 10.7. The van der Waals surface area contributed by atoms with Gasteiger partial charge in [-0.2, -0.15) is 0 Å².